The van der Waals surface area contributed by atoms with E-state index in [4.69, 9.17) is 4.74 Å². The molecular formula is C30H32N2O7S. The third-order valence-electron chi connectivity index (χ3n) is 5.84. The highest BCUT2D eigenvalue weighted by Gasteiger charge is 2.29. The molecule has 0 aromatic heterocycles. The average Bonchev–Trinajstić information content (AvgIpc) is 2.86. The van der Waals surface area contributed by atoms with Gasteiger partial charge in [0.15, 0.2) is 0 Å². The van der Waals surface area contributed by atoms with Crippen LogP contribution in [-0.2, 0) is 30.6 Å². The molecule has 0 heterocycles. The molecular weight excluding hydrogens is 532 g/mol. The molecule has 0 aliphatic heterocycles. The van der Waals surface area contributed by atoms with E-state index in [1.807, 2.05) is 13.0 Å². The molecule has 0 fully saturated rings. The van der Waals surface area contributed by atoms with Crippen molar-refractivity contribution in [2.75, 3.05) is 6.54 Å². The Morgan fingerprint density at radius 1 is 0.975 bits per heavy atom. The quantitative estimate of drug-likeness (QED) is 0.166. The summed E-state index contributed by atoms with van der Waals surface area (Å²) in [4.78, 5) is 36.1. The summed E-state index contributed by atoms with van der Waals surface area (Å²) in [5.74, 6) is -1.70. The molecule has 0 radical (unpaired) electrons. The fourth-order valence-corrected chi connectivity index (χ4v) is 5.56. The van der Waals surface area contributed by atoms with E-state index >= 15 is 0 Å². The Balaban J connectivity index is 2.15. The van der Waals surface area contributed by atoms with Crippen LogP contribution in [0.1, 0.15) is 48.6 Å². The third kappa shape index (κ3) is 7.63. The minimum atomic E-state index is -4.33. The third-order valence-corrected chi connectivity index (χ3v) is 7.62. The molecule has 1 amide bonds. The van der Waals surface area contributed by atoms with Crippen LogP contribution in [-0.4, -0.2) is 37.4 Å². The topological polar surface area (TPSA) is 133 Å². The second-order valence-corrected chi connectivity index (χ2v) is 12.2. The first-order valence-corrected chi connectivity index (χ1v) is 14.0. The van der Waals surface area contributed by atoms with Crippen LogP contribution in [0.4, 0.5) is 5.69 Å². The van der Waals surface area contributed by atoms with E-state index in [1.54, 1.807) is 70.2 Å². The van der Waals surface area contributed by atoms with Crippen molar-refractivity contribution in [2.45, 2.75) is 51.5 Å². The van der Waals surface area contributed by atoms with Crippen molar-refractivity contribution in [1.29, 1.82) is 0 Å². The number of nitro benzene ring substituents is 1. The summed E-state index contributed by atoms with van der Waals surface area (Å²) in [6, 6.07) is 17.4. The highest BCUT2D eigenvalue weighted by Crippen LogP contribution is 2.29. The van der Waals surface area contributed by atoms with E-state index in [2.05, 4.69) is 5.32 Å². The minimum absolute atomic E-state index is 0.0659. The van der Waals surface area contributed by atoms with Gasteiger partial charge in [-0.15, -0.1) is 0 Å². The van der Waals surface area contributed by atoms with Crippen LogP contribution in [0.25, 0.3) is 6.08 Å². The number of ether oxygens (including phenoxy) is 1. The number of nitrogens with zero attached hydrogens (tertiary/aromatic N) is 1. The van der Waals surface area contributed by atoms with Gasteiger partial charge in [-0.05, 0) is 69.5 Å². The first-order chi connectivity index (χ1) is 18.7. The first kappa shape index (κ1) is 30.2. The Bertz CT molecular complexity index is 1570. The summed E-state index contributed by atoms with van der Waals surface area (Å²) in [5.41, 5.74) is 2.17. The van der Waals surface area contributed by atoms with Crippen molar-refractivity contribution in [2.24, 2.45) is 0 Å². The molecule has 3 aromatic carbocycles. The van der Waals surface area contributed by atoms with Gasteiger partial charge < -0.3 is 10.1 Å². The molecule has 0 atom stereocenters. The molecule has 0 aliphatic carbocycles. The zero-order chi connectivity index (χ0) is 29.7. The summed E-state index contributed by atoms with van der Waals surface area (Å²) in [7, 11) is -4.33. The molecule has 1 N–H and O–H groups in total. The molecule has 0 unspecified atom stereocenters. The van der Waals surface area contributed by atoms with Gasteiger partial charge in [-0.3, -0.25) is 19.7 Å². The molecule has 0 aliphatic rings. The van der Waals surface area contributed by atoms with Gasteiger partial charge in [0.05, 0.1) is 9.82 Å². The van der Waals surface area contributed by atoms with Crippen LogP contribution in [0.5, 0.6) is 0 Å². The maximum absolute atomic E-state index is 13.7. The number of amides is 1. The average molecular weight is 565 g/mol. The van der Waals surface area contributed by atoms with E-state index in [9.17, 15) is 28.1 Å². The van der Waals surface area contributed by atoms with Crippen LogP contribution in [0.15, 0.2) is 76.5 Å². The van der Waals surface area contributed by atoms with Crippen molar-refractivity contribution in [3.8, 4) is 0 Å². The van der Waals surface area contributed by atoms with E-state index < -0.39 is 43.7 Å². The van der Waals surface area contributed by atoms with E-state index in [-0.39, 0.29) is 17.0 Å². The van der Waals surface area contributed by atoms with Crippen LogP contribution in [0.3, 0.4) is 0 Å². The van der Waals surface area contributed by atoms with Gasteiger partial charge in [0, 0.05) is 18.1 Å². The Labute approximate surface area is 234 Å². The van der Waals surface area contributed by atoms with Crippen molar-refractivity contribution < 1.29 is 27.7 Å². The lowest BCUT2D eigenvalue weighted by molar-refractivity contribution is -0.385. The first-order valence-electron chi connectivity index (χ1n) is 12.5. The largest absolute Gasteiger partial charge is 0.459 e. The monoisotopic (exact) mass is 564 g/mol. The highest BCUT2D eigenvalue weighted by atomic mass is 32.2. The second kappa shape index (κ2) is 12.3. The number of nitrogens with one attached hydrogen (secondary N) is 1. The molecule has 3 aromatic rings. The van der Waals surface area contributed by atoms with E-state index in [0.29, 0.717) is 22.3 Å². The van der Waals surface area contributed by atoms with E-state index in [0.717, 1.165) is 5.56 Å². The second-order valence-electron chi connectivity index (χ2n) is 10.3. The molecule has 0 spiro atoms. The Kier molecular flexibility index (Phi) is 9.26. The molecule has 10 heteroatoms. The van der Waals surface area contributed by atoms with Crippen LogP contribution >= 0.6 is 0 Å². The molecule has 9 nitrogen and oxygen atoms in total. The molecule has 210 valence electrons. The number of carbonyl (C=O) groups is 2. The summed E-state index contributed by atoms with van der Waals surface area (Å²) in [6.07, 6.45) is 1.40. The predicted octanol–water partition coefficient (Wildman–Crippen LogP) is 5.08. The fourth-order valence-electron chi connectivity index (χ4n) is 4.20. The van der Waals surface area contributed by atoms with Gasteiger partial charge >= 0.3 is 5.97 Å². The number of esters is 1. The number of rotatable bonds is 9. The van der Waals surface area contributed by atoms with Crippen molar-refractivity contribution in [3.05, 3.63) is 110 Å². The van der Waals surface area contributed by atoms with Crippen LogP contribution < -0.4 is 5.32 Å². The van der Waals surface area contributed by atoms with Crippen LogP contribution in [0, 0.1) is 24.0 Å². The lowest BCUT2D eigenvalue weighted by atomic mass is 9.93. The summed E-state index contributed by atoms with van der Waals surface area (Å²) < 4.78 is 32.6. The Hall–Kier alpha value is -4.31. The van der Waals surface area contributed by atoms with Gasteiger partial charge in [-0.25, -0.2) is 8.42 Å². The van der Waals surface area contributed by atoms with E-state index in [1.165, 1.54) is 24.3 Å². The smallest absolute Gasteiger partial charge is 0.325 e. The standard InChI is InChI=1S/C30H32N2O7S/c1-20-15-21(2)25(23(16-20)17-22-11-9-10-14-26(22)32(35)36)18-27(40(37,38)24-12-7-6-8-13-24)29(34)31-19-28(33)39-30(3,4)5/h6-16,18H,17,19H2,1-5H3,(H,31,34)/b27-18+. The number of hydrogen-bond acceptors (Lipinski definition) is 7. The van der Waals surface area contributed by atoms with Gasteiger partial charge in [0.2, 0.25) is 9.84 Å². The number of para-hydroxylation sites is 1. The highest BCUT2D eigenvalue weighted by molar-refractivity contribution is 7.96. The van der Waals surface area contributed by atoms with Gasteiger partial charge in [-0.2, -0.15) is 0 Å². The number of aryl methyl sites for hydroxylation is 2. The lowest BCUT2D eigenvalue weighted by Crippen LogP contribution is -2.36. The molecule has 40 heavy (non-hydrogen) atoms. The van der Waals surface area contributed by atoms with Crippen molar-refractivity contribution in [1.82, 2.24) is 5.32 Å². The summed E-state index contributed by atoms with van der Waals surface area (Å²) in [6.45, 7) is 8.13. The normalized spacial score (nSPS) is 12.1. The fraction of sp³-hybridized carbons (Fsp3) is 0.267. The summed E-state index contributed by atoms with van der Waals surface area (Å²) in [5, 5.41) is 14.0. The molecule has 3 rings (SSSR count). The van der Waals surface area contributed by atoms with Gasteiger partial charge in [0.25, 0.3) is 11.6 Å². The zero-order valence-electron chi connectivity index (χ0n) is 23.1. The van der Waals surface area contributed by atoms with Gasteiger partial charge in [0.1, 0.15) is 17.1 Å². The summed E-state index contributed by atoms with van der Waals surface area (Å²) >= 11 is 0. The van der Waals surface area contributed by atoms with Crippen molar-refractivity contribution >= 4 is 33.5 Å². The number of benzene rings is 3. The number of nitro groups is 1. The SMILES string of the molecule is Cc1cc(C)c(/C=C(\C(=O)NCC(=O)OC(C)(C)C)S(=O)(=O)c2ccccc2)c(Cc2ccccc2[N+](=O)[O-])c1. The number of sulfone groups is 1. The molecule has 0 saturated heterocycles. The Morgan fingerprint density at radius 2 is 1.60 bits per heavy atom. The maximum Gasteiger partial charge on any atom is 0.325 e. The number of hydrogen-bond donors (Lipinski definition) is 1. The minimum Gasteiger partial charge on any atom is -0.459 e. The van der Waals surface area contributed by atoms with Crippen molar-refractivity contribution in [3.63, 3.8) is 0 Å². The lowest BCUT2D eigenvalue weighted by Gasteiger charge is -2.20. The number of carbonyl (C=O) groups excluding carboxylic acids is 2. The molecule has 0 saturated carbocycles. The Morgan fingerprint density at radius 3 is 2.23 bits per heavy atom. The zero-order valence-corrected chi connectivity index (χ0v) is 23.9. The van der Waals surface area contributed by atoms with Crippen LogP contribution in [0.2, 0.25) is 0 Å². The predicted molar refractivity (Wildman–Crippen MR) is 152 cm³/mol. The van der Waals surface area contributed by atoms with Gasteiger partial charge in [-0.1, -0.05) is 54.1 Å². The molecule has 0 bridgehead atoms. The maximum atomic E-state index is 13.7.